The van der Waals surface area contributed by atoms with Crippen molar-refractivity contribution in [2.75, 3.05) is 0 Å². The van der Waals surface area contributed by atoms with Gasteiger partial charge in [0.1, 0.15) is 0 Å². The molecule has 11 aromatic carbocycles. The minimum absolute atomic E-state index is 0.370. The van der Waals surface area contributed by atoms with E-state index in [2.05, 4.69) is 243 Å². The highest BCUT2D eigenvalue weighted by Crippen LogP contribution is 2.47. The van der Waals surface area contributed by atoms with Crippen LogP contribution in [0.4, 0.5) is 0 Å². The van der Waals surface area contributed by atoms with E-state index in [1.807, 2.05) is 17.4 Å². The molecule has 0 N–H and O–H groups in total. The van der Waals surface area contributed by atoms with Crippen molar-refractivity contribution in [3.8, 4) is 16.8 Å². The Morgan fingerprint density at radius 2 is 1.07 bits per heavy atom. The van der Waals surface area contributed by atoms with Crippen LogP contribution in [0, 0.1) is 0 Å². The lowest BCUT2D eigenvalue weighted by Gasteiger charge is -2.19. The second kappa shape index (κ2) is 16.4. The molecule has 3 heteroatoms. The summed E-state index contributed by atoms with van der Waals surface area (Å²) in [4.78, 5) is 5.84. The number of nitrogens with zero attached hydrogens (tertiary/aromatic N) is 2. The third-order valence-electron chi connectivity index (χ3n) is 14.4. The lowest BCUT2D eigenvalue weighted by molar-refractivity contribution is 0.915. The lowest BCUT2D eigenvalue weighted by Crippen LogP contribution is -2.08. The number of rotatable bonds is 8. The highest BCUT2D eigenvalue weighted by Gasteiger charge is 2.23. The summed E-state index contributed by atoms with van der Waals surface area (Å²) in [7, 11) is 0. The SMILES string of the molecule is C=C[C@H](/N=C(\C(C)=C(/C)c1ccc(-c2ccccc2)cc1)c1ccc2ccccc2c1)c1cc(-n2c3cc4ccccc4cc3c3ccc4ccccc4c32)c2c(c1)sc1c3ccccc3ccc12. The third kappa shape index (κ3) is 6.80. The molecule has 13 rings (SSSR count). The van der Waals surface area contributed by atoms with Crippen molar-refractivity contribution in [2.45, 2.75) is 19.9 Å². The van der Waals surface area contributed by atoms with Crippen molar-refractivity contribution >= 4 is 108 Å². The molecular formula is C66H46N2S. The molecule has 0 spiro atoms. The van der Waals surface area contributed by atoms with Gasteiger partial charge in [-0.15, -0.1) is 17.9 Å². The molecule has 0 bridgehead atoms. The van der Waals surface area contributed by atoms with Gasteiger partial charge in [-0.1, -0.05) is 194 Å². The average molecular weight is 899 g/mol. The normalized spacial score (nSPS) is 13.1. The maximum Gasteiger partial charge on any atom is 0.0936 e. The summed E-state index contributed by atoms with van der Waals surface area (Å²) in [6, 6.07) is 79.7. The van der Waals surface area contributed by atoms with Gasteiger partial charge in [-0.25, -0.2) is 0 Å². The molecule has 0 saturated carbocycles. The van der Waals surface area contributed by atoms with Crippen LogP contribution in [0.1, 0.15) is 36.6 Å². The predicted octanol–water partition coefficient (Wildman–Crippen LogP) is 18.6. The first-order valence-electron chi connectivity index (χ1n) is 23.8. The Morgan fingerprint density at radius 3 is 1.81 bits per heavy atom. The van der Waals surface area contributed by atoms with E-state index >= 15 is 0 Å². The number of thiophene rings is 1. The number of hydrogen-bond donors (Lipinski definition) is 0. The molecule has 2 heterocycles. The van der Waals surface area contributed by atoms with Crippen LogP contribution in [0.25, 0.3) is 107 Å². The molecule has 0 radical (unpaired) electrons. The maximum absolute atomic E-state index is 5.84. The molecule has 0 amide bonds. The largest absolute Gasteiger partial charge is 0.308 e. The van der Waals surface area contributed by atoms with E-state index in [0.717, 1.165) is 28.1 Å². The Kier molecular flexibility index (Phi) is 9.74. The molecule has 2 aromatic heterocycles. The summed E-state index contributed by atoms with van der Waals surface area (Å²) in [5.41, 5.74) is 12.5. The molecule has 1 atom stereocenters. The van der Waals surface area contributed by atoms with Crippen LogP contribution >= 0.6 is 11.3 Å². The third-order valence-corrected chi connectivity index (χ3v) is 15.6. The molecular weight excluding hydrogens is 853 g/mol. The number of fused-ring (bicyclic) bond motifs is 12. The summed E-state index contributed by atoms with van der Waals surface area (Å²) in [6.07, 6.45) is 2.03. The highest BCUT2D eigenvalue weighted by molar-refractivity contribution is 7.26. The van der Waals surface area contributed by atoms with Crippen LogP contribution in [0.2, 0.25) is 0 Å². The van der Waals surface area contributed by atoms with Gasteiger partial charge >= 0.3 is 0 Å². The van der Waals surface area contributed by atoms with Crippen LogP contribution in [-0.2, 0) is 0 Å². The smallest absolute Gasteiger partial charge is 0.0936 e. The van der Waals surface area contributed by atoms with E-state index in [9.17, 15) is 0 Å². The quantitative estimate of drug-likeness (QED) is 0.107. The fourth-order valence-corrected chi connectivity index (χ4v) is 12.1. The molecule has 0 unspecified atom stereocenters. The molecule has 326 valence electrons. The van der Waals surface area contributed by atoms with Crippen molar-refractivity contribution in [1.29, 1.82) is 0 Å². The summed E-state index contributed by atoms with van der Waals surface area (Å²) in [5.74, 6) is 0. The molecule has 13 aromatic rings. The lowest BCUT2D eigenvalue weighted by atomic mass is 9.92. The molecule has 0 aliphatic carbocycles. The molecule has 69 heavy (non-hydrogen) atoms. The first kappa shape index (κ1) is 40.9. The average Bonchev–Trinajstić information content (AvgIpc) is 3.96. The zero-order chi connectivity index (χ0) is 46.2. The number of aromatic nitrogens is 1. The van der Waals surface area contributed by atoms with Crippen molar-refractivity contribution in [2.24, 2.45) is 4.99 Å². The van der Waals surface area contributed by atoms with Gasteiger partial charge in [0.05, 0.1) is 28.5 Å². The number of benzene rings is 11. The van der Waals surface area contributed by atoms with Crippen molar-refractivity contribution in [3.05, 3.63) is 253 Å². The summed E-state index contributed by atoms with van der Waals surface area (Å²) < 4.78 is 5.08. The van der Waals surface area contributed by atoms with Crippen molar-refractivity contribution in [3.63, 3.8) is 0 Å². The monoisotopic (exact) mass is 898 g/mol. The Morgan fingerprint density at radius 1 is 0.493 bits per heavy atom. The molecule has 0 aliphatic rings. The zero-order valence-electron chi connectivity index (χ0n) is 38.4. The van der Waals surface area contributed by atoms with E-state index < -0.39 is 0 Å². The summed E-state index contributed by atoms with van der Waals surface area (Å²) >= 11 is 1.88. The van der Waals surface area contributed by atoms with E-state index in [1.54, 1.807) is 0 Å². The first-order chi connectivity index (χ1) is 34.0. The van der Waals surface area contributed by atoms with Gasteiger partial charge < -0.3 is 4.57 Å². The van der Waals surface area contributed by atoms with E-state index in [1.165, 1.54) is 107 Å². The molecule has 0 saturated heterocycles. The van der Waals surface area contributed by atoms with Gasteiger partial charge in [0.15, 0.2) is 0 Å². The minimum atomic E-state index is -0.370. The van der Waals surface area contributed by atoms with Crippen molar-refractivity contribution in [1.82, 2.24) is 4.57 Å². The van der Waals surface area contributed by atoms with Gasteiger partial charge in [-0.2, -0.15) is 0 Å². The Bertz CT molecular complexity index is 4280. The second-order valence-corrected chi connectivity index (χ2v) is 19.4. The van der Waals surface area contributed by atoms with Gasteiger partial charge in [-0.3, -0.25) is 4.99 Å². The standard InChI is InChI=1S/C66H46N2S/c1-4-59(67-64(52-31-30-45-18-8-9-21-49(45)36-52)42(3)41(2)43-26-28-46(29-27-43)44-16-6-5-7-17-44)53-39-61(63-57-35-33-48-20-13-15-25-55(48)66(57)69-62(63)40-53)68-60-38-51-23-11-10-22-50(51)37-58(60)56-34-32-47-19-12-14-24-54(47)65(56)68/h4-40,59H,1H2,2-3H3/b42-41+,67-64+/t59-/m0/s1. The van der Waals surface area contributed by atoms with Gasteiger partial charge in [-0.05, 0) is 115 Å². The summed E-state index contributed by atoms with van der Waals surface area (Å²) in [6.45, 7) is 9.00. The van der Waals surface area contributed by atoms with Gasteiger partial charge in [0.2, 0.25) is 0 Å². The predicted molar refractivity (Wildman–Crippen MR) is 300 cm³/mol. The Balaban J connectivity index is 1.09. The fraction of sp³-hybridized carbons (Fsp3) is 0.0455. The van der Waals surface area contributed by atoms with Crippen molar-refractivity contribution < 1.29 is 0 Å². The van der Waals surface area contributed by atoms with Crippen LogP contribution in [-0.4, -0.2) is 10.3 Å². The van der Waals surface area contributed by atoms with Crippen LogP contribution in [0.15, 0.2) is 242 Å². The number of aliphatic imine (C=N–C) groups is 1. The number of hydrogen-bond acceptors (Lipinski definition) is 2. The number of allylic oxidation sites excluding steroid dienone is 2. The van der Waals surface area contributed by atoms with Crippen LogP contribution < -0.4 is 0 Å². The molecule has 0 fully saturated rings. The Hall–Kier alpha value is -8.37. The zero-order valence-corrected chi connectivity index (χ0v) is 39.3. The van der Waals surface area contributed by atoms with Gasteiger partial charge in [0, 0.05) is 41.9 Å². The van der Waals surface area contributed by atoms with Crippen LogP contribution in [0.5, 0.6) is 0 Å². The fourth-order valence-electron chi connectivity index (χ4n) is 10.8. The first-order valence-corrected chi connectivity index (χ1v) is 24.6. The van der Waals surface area contributed by atoms with Gasteiger partial charge in [0.25, 0.3) is 0 Å². The van der Waals surface area contributed by atoms with E-state index in [0.29, 0.717) is 0 Å². The molecule has 0 aliphatic heterocycles. The van der Waals surface area contributed by atoms with E-state index in [-0.39, 0.29) is 6.04 Å². The highest BCUT2D eigenvalue weighted by atomic mass is 32.1. The van der Waals surface area contributed by atoms with Crippen LogP contribution in [0.3, 0.4) is 0 Å². The molecule has 2 nitrogen and oxygen atoms in total. The topological polar surface area (TPSA) is 17.3 Å². The van der Waals surface area contributed by atoms with E-state index in [4.69, 9.17) is 4.99 Å². The summed E-state index contributed by atoms with van der Waals surface area (Å²) in [5, 5.41) is 14.8. The second-order valence-electron chi connectivity index (χ2n) is 18.3. The minimum Gasteiger partial charge on any atom is -0.308 e. The maximum atomic E-state index is 5.84. The Labute approximate surface area is 405 Å².